The van der Waals surface area contributed by atoms with Crippen molar-refractivity contribution in [3.05, 3.63) is 35.4 Å². The first-order valence-corrected chi connectivity index (χ1v) is 8.91. The second kappa shape index (κ2) is 8.32. The van der Waals surface area contributed by atoms with Gasteiger partial charge in [-0.2, -0.15) is 0 Å². The van der Waals surface area contributed by atoms with Crippen LogP contribution in [-0.2, 0) is 11.3 Å². The number of amides is 1. The van der Waals surface area contributed by atoms with Crippen molar-refractivity contribution in [1.82, 2.24) is 5.32 Å². The van der Waals surface area contributed by atoms with E-state index in [1.165, 1.54) is 32.1 Å². The summed E-state index contributed by atoms with van der Waals surface area (Å²) in [5.41, 5.74) is 7.54. The lowest BCUT2D eigenvalue weighted by atomic mass is 9.55. The van der Waals surface area contributed by atoms with Crippen molar-refractivity contribution in [2.45, 2.75) is 64.1 Å². The number of ether oxygens (including phenoxy) is 1. The Morgan fingerprint density at radius 2 is 1.92 bits per heavy atom. The van der Waals surface area contributed by atoms with Gasteiger partial charge in [0, 0.05) is 30.2 Å². The molecule has 3 N–H and O–H groups in total. The molecule has 1 amide bonds. The molecule has 1 spiro atoms. The molecule has 2 aliphatic carbocycles. The van der Waals surface area contributed by atoms with Crippen molar-refractivity contribution in [2.75, 3.05) is 6.61 Å². The lowest BCUT2D eigenvalue weighted by Crippen LogP contribution is -2.65. The van der Waals surface area contributed by atoms with E-state index in [0.717, 1.165) is 18.6 Å². The first kappa shape index (κ1) is 19.2. The normalized spacial score (nSPS) is 24.8. The first-order chi connectivity index (χ1) is 11.2. The topological polar surface area (TPSA) is 64.3 Å². The lowest BCUT2D eigenvalue weighted by molar-refractivity contribution is -0.146. The fourth-order valence-corrected chi connectivity index (χ4v) is 4.30. The van der Waals surface area contributed by atoms with Gasteiger partial charge in [0.1, 0.15) is 0 Å². The van der Waals surface area contributed by atoms with Gasteiger partial charge in [0.25, 0.3) is 5.91 Å². The number of nitrogens with two attached hydrogens (primary N) is 1. The molecule has 0 aliphatic heterocycles. The largest absolute Gasteiger partial charge is 0.378 e. The van der Waals surface area contributed by atoms with Crippen LogP contribution in [0.2, 0.25) is 0 Å². The molecule has 134 valence electrons. The molecule has 24 heavy (non-hydrogen) atoms. The van der Waals surface area contributed by atoms with Gasteiger partial charge in [-0.1, -0.05) is 31.4 Å². The summed E-state index contributed by atoms with van der Waals surface area (Å²) in [6.45, 7) is 3.32. The first-order valence-electron chi connectivity index (χ1n) is 8.91. The second-order valence-electron chi connectivity index (χ2n) is 6.90. The van der Waals surface area contributed by atoms with E-state index in [1.54, 1.807) is 0 Å². The van der Waals surface area contributed by atoms with Gasteiger partial charge < -0.3 is 15.8 Å². The molecule has 2 fully saturated rings. The van der Waals surface area contributed by atoms with Crippen LogP contribution in [-0.4, -0.2) is 24.7 Å². The molecule has 1 aromatic carbocycles. The molecule has 2 atom stereocenters. The fourth-order valence-electron chi connectivity index (χ4n) is 4.30. The number of nitrogens with one attached hydrogen (secondary N) is 1. The van der Waals surface area contributed by atoms with E-state index in [4.69, 9.17) is 10.5 Å². The molecule has 2 saturated carbocycles. The van der Waals surface area contributed by atoms with E-state index in [2.05, 4.69) is 12.2 Å². The zero-order chi connectivity index (χ0) is 16.3. The minimum atomic E-state index is 0. The van der Waals surface area contributed by atoms with Crippen LogP contribution in [0.15, 0.2) is 24.3 Å². The molecule has 3 rings (SSSR count). The summed E-state index contributed by atoms with van der Waals surface area (Å²) in [5, 5.41) is 3.27. The second-order valence-corrected chi connectivity index (χ2v) is 6.90. The minimum Gasteiger partial charge on any atom is -0.378 e. The number of halogens is 1. The summed E-state index contributed by atoms with van der Waals surface area (Å²) in [5.74, 6) is 0.0264. The third kappa shape index (κ3) is 3.61. The average Bonchev–Trinajstić information content (AvgIpc) is 2.61. The van der Waals surface area contributed by atoms with Gasteiger partial charge in [0.05, 0.1) is 6.10 Å². The molecule has 2 aliphatic rings. The summed E-state index contributed by atoms with van der Waals surface area (Å²) < 4.78 is 5.95. The Kier molecular flexibility index (Phi) is 6.67. The molecule has 0 saturated heterocycles. The van der Waals surface area contributed by atoms with Gasteiger partial charge in [-0.3, -0.25) is 4.79 Å². The van der Waals surface area contributed by atoms with Gasteiger partial charge in [-0.25, -0.2) is 0 Å². The third-order valence-corrected chi connectivity index (χ3v) is 5.69. The Labute approximate surface area is 150 Å². The zero-order valence-corrected chi connectivity index (χ0v) is 15.2. The van der Waals surface area contributed by atoms with Crippen LogP contribution >= 0.6 is 12.4 Å². The van der Waals surface area contributed by atoms with Crippen LogP contribution in [0.4, 0.5) is 0 Å². The molecule has 5 heteroatoms. The summed E-state index contributed by atoms with van der Waals surface area (Å²) in [6, 6.07) is 7.83. The van der Waals surface area contributed by atoms with Crippen LogP contribution < -0.4 is 11.1 Å². The maximum Gasteiger partial charge on any atom is 0.251 e. The van der Waals surface area contributed by atoms with E-state index >= 15 is 0 Å². The standard InChI is InChI=1S/C19H28N2O2.ClH/c1-2-23-17-12-16(19(17)10-4-3-5-11-19)21-18(22)15-8-6-14(13-20)7-9-15;/h6-9,16-17H,2-5,10-13,20H2,1H3,(H,21,22);1H. The highest BCUT2D eigenvalue weighted by Gasteiger charge is 2.56. The van der Waals surface area contributed by atoms with Gasteiger partial charge in [-0.15, -0.1) is 12.4 Å². The Bertz CT molecular complexity index is 541. The quantitative estimate of drug-likeness (QED) is 0.853. The highest BCUT2D eigenvalue weighted by molar-refractivity contribution is 5.94. The van der Waals surface area contributed by atoms with E-state index in [-0.39, 0.29) is 29.8 Å². The predicted octanol–water partition coefficient (Wildman–Crippen LogP) is 3.42. The minimum absolute atomic E-state index is 0. The molecule has 1 aromatic rings. The number of carbonyl (C=O) groups is 1. The summed E-state index contributed by atoms with van der Waals surface area (Å²) >= 11 is 0. The van der Waals surface area contributed by atoms with Crippen LogP contribution in [0, 0.1) is 5.41 Å². The Morgan fingerprint density at radius 3 is 2.50 bits per heavy atom. The average molecular weight is 353 g/mol. The number of benzene rings is 1. The number of hydrogen-bond donors (Lipinski definition) is 2. The van der Waals surface area contributed by atoms with Crippen molar-refractivity contribution >= 4 is 18.3 Å². The van der Waals surface area contributed by atoms with Gasteiger partial charge >= 0.3 is 0 Å². The number of carbonyl (C=O) groups excluding carboxylic acids is 1. The maximum absolute atomic E-state index is 12.6. The van der Waals surface area contributed by atoms with Gasteiger partial charge in [0.15, 0.2) is 0 Å². The molecule has 0 bridgehead atoms. The molecule has 0 heterocycles. The zero-order valence-electron chi connectivity index (χ0n) is 14.4. The third-order valence-electron chi connectivity index (χ3n) is 5.69. The van der Waals surface area contributed by atoms with E-state index in [0.29, 0.717) is 18.2 Å². The Balaban J connectivity index is 0.00000208. The molecule has 0 aromatic heterocycles. The van der Waals surface area contributed by atoms with Crippen LogP contribution in [0.3, 0.4) is 0 Å². The summed E-state index contributed by atoms with van der Waals surface area (Å²) in [6.07, 6.45) is 7.42. The molecular weight excluding hydrogens is 324 g/mol. The summed E-state index contributed by atoms with van der Waals surface area (Å²) in [4.78, 5) is 12.6. The predicted molar refractivity (Wildman–Crippen MR) is 98.4 cm³/mol. The highest BCUT2D eigenvalue weighted by atomic mass is 35.5. The van der Waals surface area contributed by atoms with Crippen molar-refractivity contribution in [3.63, 3.8) is 0 Å². The van der Waals surface area contributed by atoms with Crippen molar-refractivity contribution in [3.8, 4) is 0 Å². The van der Waals surface area contributed by atoms with Crippen molar-refractivity contribution in [1.29, 1.82) is 0 Å². The SMILES string of the molecule is CCOC1CC(NC(=O)c2ccc(CN)cc2)C12CCCCC2.Cl. The van der Waals surface area contributed by atoms with Crippen LogP contribution in [0.1, 0.15) is 61.4 Å². The van der Waals surface area contributed by atoms with E-state index in [9.17, 15) is 4.79 Å². The number of rotatable bonds is 5. The molecule has 4 nitrogen and oxygen atoms in total. The molecule has 2 unspecified atom stereocenters. The number of hydrogen-bond acceptors (Lipinski definition) is 3. The van der Waals surface area contributed by atoms with Gasteiger partial charge in [-0.05, 0) is 43.9 Å². The smallest absolute Gasteiger partial charge is 0.251 e. The van der Waals surface area contributed by atoms with Crippen molar-refractivity contribution < 1.29 is 9.53 Å². The highest BCUT2D eigenvalue weighted by Crippen LogP contribution is 2.53. The van der Waals surface area contributed by atoms with Crippen LogP contribution in [0.5, 0.6) is 0 Å². The van der Waals surface area contributed by atoms with Gasteiger partial charge in [0.2, 0.25) is 0 Å². The molecule has 0 radical (unpaired) electrons. The maximum atomic E-state index is 12.6. The Morgan fingerprint density at radius 1 is 1.25 bits per heavy atom. The van der Waals surface area contributed by atoms with Crippen molar-refractivity contribution in [2.24, 2.45) is 11.1 Å². The monoisotopic (exact) mass is 352 g/mol. The fraction of sp³-hybridized carbons (Fsp3) is 0.632. The molecular formula is C19H29ClN2O2. The summed E-state index contributed by atoms with van der Waals surface area (Å²) in [7, 11) is 0. The lowest BCUT2D eigenvalue weighted by Gasteiger charge is -2.57. The Hall–Kier alpha value is -1.10. The van der Waals surface area contributed by atoms with E-state index in [1.807, 2.05) is 24.3 Å². The van der Waals surface area contributed by atoms with Crippen LogP contribution in [0.25, 0.3) is 0 Å². The van der Waals surface area contributed by atoms with E-state index < -0.39 is 0 Å².